The molecule has 0 saturated carbocycles. The Hall–Kier alpha value is -2.79. The number of fused-ring (bicyclic) bond motifs is 1. The first-order valence-corrected chi connectivity index (χ1v) is 9.03. The van der Waals surface area contributed by atoms with Crippen LogP contribution in [0.1, 0.15) is 16.1 Å². The summed E-state index contributed by atoms with van der Waals surface area (Å²) in [5.41, 5.74) is 4.75. The van der Waals surface area contributed by atoms with E-state index in [1.807, 2.05) is 31.2 Å². The summed E-state index contributed by atoms with van der Waals surface area (Å²) in [6, 6.07) is 16.1. The standard InChI is InChI=1S/C21H24N4O/c1-15-3-4-16-14-20(23-19(16)13-15)21(26)22-17-5-7-18(8-6-17)25-11-9-24(2)10-12-25/h3-8,13-14,23H,9-12H2,1-2H3,(H,22,26). The lowest BCUT2D eigenvalue weighted by atomic mass is 10.2. The Balaban J connectivity index is 1.45. The highest BCUT2D eigenvalue weighted by molar-refractivity contribution is 6.06. The summed E-state index contributed by atoms with van der Waals surface area (Å²) in [5.74, 6) is -0.119. The maximum absolute atomic E-state index is 12.5. The van der Waals surface area contributed by atoms with Crippen LogP contribution in [-0.2, 0) is 0 Å². The number of anilines is 2. The van der Waals surface area contributed by atoms with E-state index in [2.05, 4.69) is 51.4 Å². The molecule has 2 aromatic carbocycles. The van der Waals surface area contributed by atoms with Crippen molar-refractivity contribution >= 4 is 28.2 Å². The van der Waals surface area contributed by atoms with Crippen LogP contribution in [-0.4, -0.2) is 49.0 Å². The highest BCUT2D eigenvalue weighted by atomic mass is 16.1. The van der Waals surface area contributed by atoms with Gasteiger partial charge in [0.05, 0.1) is 0 Å². The predicted molar refractivity (Wildman–Crippen MR) is 107 cm³/mol. The van der Waals surface area contributed by atoms with Crippen molar-refractivity contribution in [1.29, 1.82) is 0 Å². The minimum Gasteiger partial charge on any atom is -0.369 e. The molecule has 0 unspecified atom stereocenters. The Kier molecular flexibility index (Phi) is 4.39. The molecule has 0 aliphatic carbocycles. The molecule has 26 heavy (non-hydrogen) atoms. The lowest BCUT2D eigenvalue weighted by Crippen LogP contribution is -2.44. The zero-order valence-corrected chi connectivity index (χ0v) is 15.2. The molecule has 5 nitrogen and oxygen atoms in total. The number of hydrogen-bond donors (Lipinski definition) is 2. The van der Waals surface area contributed by atoms with Crippen LogP contribution in [0.25, 0.3) is 10.9 Å². The Morgan fingerprint density at radius 1 is 1.00 bits per heavy atom. The molecule has 4 rings (SSSR count). The number of aromatic amines is 1. The van der Waals surface area contributed by atoms with E-state index in [-0.39, 0.29) is 5.91 Å². The lowest BCUT2D eigenvalue weighted by molar-refractivity contribution is 0.102. The highest BCUT2D eigenvalue weighted by Gasteiger charge is 2.14. The van der Waals surface area contributed by atoms with E-state index in [9.17, 15) is 4.79 Å². The number of likely N-dealkylation sites (N-methyl/N-ethyl adjacent to an activating group) is 1. The Morgan fingerprint density at radius 3 is 2.46 bits per heavy atom. The number of aryl methyl sites for hydroxylation is 1. The molecule has 1 fully saturated rings. The van der Waals surface area contributed by atoms with Gasteiger partial charge in [-0.15, -0.1) is 0 Å². The molecule has 5 heteroatoms. The van der Waals surface area contributed by atoms with E-state index in [0.717, 1.165) is 42.8 Å². The number of rotatable bonds is 3. The molecule has 1 amide bonds. The molecule has 1 aliphatic rings. The minimum absolute atomic E-state index is 0.119. The number of amides is 1. The largest absolute Gasteiger partial charge is 0.369 e. The number of H-pyrrole nitrogens is 1. The topological polar surface area (TPSA) is 51.4 Å². The summed E-state index contributed by atoms with van der Waals surface area (Å²) in [6.45, 7) is 6.28. The van der Waals surface area contributed by atoms with Crippen LogP contribution in [0.2, 0.25) is 0 Å². The van der Waals surface area contributed by atoms with E-state index in [1.165, 1.54) is 11.3 Å². The van der Waals surface area contributed by atoms with Crippen LogP contribution in [0.5, 0.6) is 0 Å². The summed E-state index contributed by atoms with van der Waals surface area (Å²) in [4.78, 5) is 20.5. The third-order valence-electron chi connectivity index (χ3n) is 5.02. The second kappa shape index (κ2) is 6.84. The number of carbonyl (C=O) groups excluding carboxylic acids is 1. The van der Waals surface area contributed by atoms with Crippen molar-refractivity contribution in [1.82, 2.24) is 9.88 Å². The van der Waals surface area contributed by atoms with Crippen LogP contribution in [0.3, 0.4) is 0 Å². The van der Waals surface area contributed by atoms with Crippen LogP contribution in [0.4, 0.5) is 11.4 Å². The number of piperazine rings is 1. The summed E-state index contributed by atoms with van der Waals surface area (Å²) >= 11 is 0. The Labute approximate surface area is 153 Å². The van der Waals surface area contributed by atoms with Crippen molar-refractivity contribution in [3.05, 3.63) is 59.8 Å². The fraction of sp³-hybridized carbons (Fsp3) is 0.286. The third-order valence-corrected chi connectivity index (χ3v) is 5.02. The predicted octanol–water partition coefficient (Wildman–Crippen LogP) is 3.48. The maximum Gasteiger partial charge on any atom is 0.272 e. The Bertz CT molecular complexity index is 921. The molecule has 0 radical (unpaired) electrons. The van der Waals surface area contributed by atoms with E-state index >= 15 is 0 Å². The summed E-state index contributed by atoms with van der Waals surface area (Å²) < 4.78 is 0. The fourth-order valence-electron chi connectivity index (χ4n) is 3.38. The summed E-state index contributed by atoms with van der Waals surface area (Å²) in [6.07, 6.45) is 0. The van der Waals surface area contributed by atoms with Crippen LogP contribution in [0.15, 0.2) is 48.5 Å². The smallest absolute Gasteiger partial charge is 0.272 e. The second-order valence-electron chi connectivity index (χ2n) is 7.07. The molecule has 2 heterocycles. The van der Waals surface area contributed by atoms with Crippen molar-refractivity contribution in [2.75, 3.05) is 43.4 Å². The zero-order chi connectivity index (χ0) is 18.1. The van der Waals surface area contributed by atoms with E-state index in [0.29, 0.717) is 5.69 Å². The van der Waals surface area contributed by atoms with Gasteiger partial charge in [-0.05, 0) is 55.9 Å². The minimum atomic E-state index is -0.119. The number of aromatic nitrogens is 1. The summed E-state index contributed by atoms with van der Waals surface area (Å²) in [5, 5.41) is 4.02. The van der Waals surface area contributed by atoms with E-state index in [4.69, 9.17) is 0 Å². The van der Waals surface area contributed by atoms with Crippen molar-refractivity contribution in [3.63, 3.8) is 0 Å². The number of hydrogen-bond acceptors (Lipinski definition) is 3. The average molecular weight is 348 g/mol. The van der Waals surface area contributed by atoms with Gasteiger partial charge in [0, 0.05) is 48.5 Å². The van der Waals surface area contributed by atoms with Gasteiger partial charge in [0.15, 0.2) is 0 Å². The molecule has 1 aliphatic heterocycles. The molecule has 1 aromatic heterocycles. The van der Waals surface area contributed by atoms with Gasteiger partial charge in [-0.25, -0.2) is 0 Å². The van der Waals surface area contributed by atoms with E-state index in [1.54, 1.807) is 0 Å². The van der Waals surface area contributed by atoms with Crippen molar-refractivity contribution < 1.29 is 4.79 Å². The fourth-order valence-corrected chi connectivity index (χ4v) is 3.38. The monoisotopic (exact) mass is 348 g/mol. The first kappa shape index (κ1) is 16.7. The number of benzene rings is 2. The van der Waals surface area contributed by atoms with Crippen LogP contribution in [0, 0.1) is 6.92 Å². The average Bonchev–Trinajstić information content (AvgIpc) is 3.06. The number of nitrogens with zero attached hydrogens (tertiary/aromatic N) is 2. The SMILES string of the molecule is Cc1ccc2cc(C(=O)Nc3ccc(N4CCN(C)CC4)cc3)[nH]c2c1. The molecule has 0 bridgehead atoms. The first-order valence-electron chi connectivity index (χ1n) is 9.03. The van der Waals surface area contributed by atoms with Gasteiger partial charge < -0.3 is 20.1 Å². The first-order chi connectivity index (χ1) is 12.6. The van der Waals surface area contributed by atoms with Gasteiger partial charge in [0.1, 0.15) is 5.69 Å². The van der Waals surface area contributed by atoms with Crippen molar-refractivity contribution in [2.24, 2.45) is 0 Å². The number of nitrogens with one attached hydrogen (secondary N) is 2. The molecule has 0 spiro atoms. The van der Waals surface area contributed by atoms with Crippen LogP contribution < -0.4 is 10.2 Å². The molecule has 0 atom stereocenters. The molecule has 1 saturated heterocycles. The quantitative estimate of drug-likeness (QED) is 0.762. The normalized spacial score (nSPS) is 15.4. The second-order valence-corrected chi connectivity index (χ2v) is 7.07. The van der Waals surface area contributed by atoms with Gasteiger partial charge in [-0.1, -0.05) is 12.1 Å². The molecular weight excluding hydrogens is 324 g/mol. The van der Waals surface area contributed by atoms with Crippen molar-refractivity contribution in [2.45, 2.75) is 6.92 Å². The zero-order valence-electron chi connectivity index (χ0n) is 15.2. The number of carbonyl (C=O) groups is 1. The van der Waals surface area contributed by atoms with Gasteiger partial charge in [0.25, 0.3) is 5.91 Å². The maximum atomic E-state index is 12.5. The third kappa shape index (κ3) is 3.44. The summed E-state index contributed by atoms with van der Waals surface area (Å²) in [7, 11) is 2.15. The van der Waals surface area contributed by atoms with Gasteiger partial charge in [-0.2, -0.15) is 0 Å². The van der Waals surface area contributed by atoms with Crippen molar-refractivity contribution in [3.8, 4) is 0 Å². The van der Waals surface area contributed by atoms with Crippen LogP contribution >= 0.6 is 0 Å². The highest BCUT2D eigenvalue weighted by Crippen LogP contribution is 2.21. The Morgan fingerprint density at radius 2 is 1.73 bits per heavy atom. The van der Waals surface area contributed by atoms with Gasteiger partial charge in [-0.3, -0.25) is 4.79 Å². The molecule has 3 aromatic rings. The lowest BCUT2D eigenvalue weighted by Gasteiger charge is -2.34. The molecule has 2 N–H and O–H groups in total. The molecule has 134 valence electrons. The molecular formula is C21H24N4O. The van der Waals surface area contributed by atoms with Gasteiger partial charge in [0.2, 0.25) is 0 Å². The van der Waals surface area contributed by atoms with E-state index < -0.39 is 0 Å². The van der Waals surface area contributed by atoms with Gasteiger partial charge >= 0.3 is 0 Å².